The van der Waals surface area contributed by atoms with Crippen LogP contribution in [0.5, 0.6) is 0 Å². The van der Waals surface area contributed by atoms with Crippen LogP contribution in [-0.4, -0.2) is 0 Å². The molecule has 27 heavy (non-hydrogen) atoms. The van der Waals surface area contributed by atoms with E-state index in [-0.39, 0.29) is 0 Å². The summed E-state index contributed by atoms with van der Waals surface area (Å²) in [4.78, 5) is 0. The summed E-state index contributed by atoms with van der Waals surface area (Å²) in [6.07, 6.45) is 2.46. The average molecular weight is 359 g/mol. The van der Waals surface area contributed by atoms with Gasteiger partial charge >= 0.3 is 0 Å². The average Bonchev–Trinajstić information content (AvgIpc) is 2.73. The molecular formula is C27H34. The zero-order valence-corrected chi connectivity index (χ0v) is 17.6. The molecule has 0 fully saturated rings. The molecule has 0 radical (unpaired) electrons. The van der Waals surface area contributed by atoms with Crippen LogP contribution in [-0.2, 0) is 6.42 Å². The summed E-state index contributed by atoms with van der Waals surface area (Å²) < 4.78 is 0. The van der Waals surface area contributed by atoms with Gasteiger partial charge < -0.3 is 0 Å². The lowest BCUT2D eigenvalue weighted by atomic mass is 10.0. The molecule has 0 unspecified atom stereocenters. The van der Waals surface area contributed by atoms with Crippen LogP contribution in [0.2, 0.25) is 0 Å². The van der Waals surface area contributed by atoms with Gasteiger partial charge in [-0.2, -0.15) is 0 Å². The van der Waals surface area contributed by atoms with E-state index in [2.05, 4.69) is 93.2 Å². The highest BCUT2D eigenvalue weighted by Gasteiger charge is 1.97. The van der Waals surface area contributed by atoms with Gasteiger partial charge in [-0.1, -0.05) is 118 Å². The van der Waals surface area contributed by atoms with E-state index in [1.807, 2.05) is 26.8 Å². The van der Waals surface area contributed by atoms with Gasteiger partial charge in [-0.25, -0.2) is 0 Å². The summed E-state index contributed by atoms with van der Waals surface area (Å²) in [5.74, 6) is 0. The molecule has 0 aliphatic carbocycles. The molecule has 0 aliphatic heterocycles. The molecule has 0 spiro atoms. The van der Waals surface area contributed by atoms with E-state index < -0.39 is 0 Å². The molecule has 0 N–H and O–H groups in total. The number of aryl methyl sites for hydroxylation is 2. The molecule has 0 amide bonds. The van der Waals surface area contributed by atoms with Crippen molar-refractivity contribution < 1.29 is 0 Å². The van der Waals surface area contributed by atoms with Crippen LogP contribution in [0.1, 0.15) is 50.8 Å². The van der Waals surface area contributed by atoms with Crippen molar-refractivity contribution in [1.29, 1.82) is 0 Å². The first-order valence-corrected chi connectivity index (χ1v) is 9.97. The first-order chi connectivity index (χ1) is 13.1. The topological polar surface area (TPSA) is 0 Å². The normalized spacial score (nSPS) is 9.37. The third-order valence-corrected chi connectivity index (χ3v) is 4.27. The van der Waals surface area contributed by atoms with Crippen LogP contribution in [0.25, 0.3) is 16.7 Å². The van der Waals surface area contributed by atoms with E-state index >= 15 is 0 Å². The Morgan fingerprint density at radius 3 is 1.78 bits per heavy atom. The Morgan fingerprint density at radius 2 is 1.26 bits per heavy atom. The van der Waals surface area contributed by atoms with Crippen LogP contribution >= 0.6 is 0 Å². The Hall–Kier alpha value is -2.60. The fraction of sp³-hybridized carbons (Fsp3) is 0.259. The van der Waals surface area contributed by atoms with Gasteiger partial charge in [0, 0.05) is 0 Å². The quantitative estimate of drug-likeness (QED) is 0.439. The van der Waals surface area contributed by atoms with Gasteiger partial charge in [0.2, 0.25) is 0 Å². The smallest absolute Gasteiger partial charge is 0.0184 e. The minimum absolute atomic E-state index is 1.11. The summed E-state index contributed by atoms with van der Waals surface area (Å²) in [7, 11) is 0. The molecule has 3 aromatic carbocycles. The van der Waals surface area contributed by atoms with Crippen molar-refractivity contribution in [3.63, 3.8) is 0 Å². The lowest BCUT2D eigenvalue weighted by Crippen LogP contribution is -1.85. The van der Waals surface area contributed by atoms with Crippen LogP contribution < -0.4 is 0 Å². The summed E-state index contributed by atoms with van der Waals surface area (Å²) in [6, 6.07) is 27.5. The summed E-state index contributed by atoms with van der Waals surface area (Å²) in [6.45, 7) is 14.3. The van der Waals surface area contributed by atoms with Gasteiger partial charge in [-0.15, -0.1) is 0 Å². The summed E-state index contributed by atoms with van der Waals surface area (Å²) >= 11 is 0. The highest BCUT2D eigenvalue weighted by molar-refractivity contribution is 5.68. The molecule has 0 nitrogen and oxygen atoms in total. The largest absolute Gasteiger partial charge is 0.0955 e. The van der Waals surface area contributed by atoms with Gasteiger partial charge in [-0.3, -0.25) is 0 Å². The third kappa shape index (κ3) is 7.66. The minimum atomic E-state index is 1.11. The maximum absolute atomic E-state index is 3.93. The first-order valence-electron chi connectivity index (χ1n) is 9.97. The second kappa shape index (κ2) is 12.7. The Bertz CT molecular complexity index is 780. The van der Waals surface area contributed by atoms with E-state index in [0.29, 0.717) is 0 Å². The van der Waals surface area contributed by atoms with E-state index in [0.717, 1.165) is 5.57 Å². The van der Waals surface area contributed by atoms with Crippen molar-refractivity contribution in [2.45, 2.75) is 47.5 Å². The number of hydrogen-bond donors (Lipinski definition) is 0. The molecule has 0 heteroatoms. The second-order valence-electron chi connectivity index (χ2n) is 6.40. The van der Waals surface area contributed by atoms with Gasteiger partial charge in [0.15, 0.2) is 0 Å². The zero-order chi connectivity index (χ0) is 20.1. The molecule has 0 atom stereocenters. The zero-order valence-electron chi connectivity index (χ0n) is 17.6. The predicted molar refractivity (Wildman–Crippen MR) is 123 cm³/mol. The van der Waals surface area contributed by atoms with Crippen LogP contribution in [0.15, 0.2) is 85.4 Å². The van der Waals surface area contributed by atoms with Gasteiger partial charge in [0.05, 0.1) is 0 Å². The van der Waals surface area contributed by atoms with Crippen molar-refractivity contribution in [3.8, 4) is 11.1 Å². The van der Waals surface area contributed by atoms with Crippen LogP contribution in [0.3, 0.4) is 0 Å². The molecule has 142 valence electrons. The van der Waals surface area contributed by atoms with E-state index in [4.69, 9.17) is 0 Å². The first kappa shape index (κ1) is 22.4. The maximum Gasteiger partial charge on any atom is -0.0184 e. The molecular weight excluding hydrogens is 324 g/mol. The van der Waals surface area contributed by atoms with E-state index in [1.54, 1.807) is 0 Å². The van der Waals surface area contributed by atoms with Crippen LogP contribution in [0.4, 0.5) is 0 Å². The monoisotopic (exact) mass is 358 g/mol. The number of rotatable bonds is 4. The van der Waals surface area contributed by atoms with Crippen molar-refractivity contribution >= 4 is 5.57 Å². The maximum atomic E-state index is 3.93. The minimum Gasteiger partial charge on any atom is -0.0955 e. The highest BCUT2D eigenvalue weighted by Crippen LogP contribution is 2.21. The molecule has 0 saturated carbocycles. The molecule has 0 aliphatic rings. The fourth-order valence-electron chi connectivity index (χ4n) is 2.74. The Balaban J connectivity index is 0.000000265. The molecule has 0 aromatic heterocycles. The fourth-order valence-corrected chi connectivity index (χ4v) is 2.74. The summed E-state index contributed by atoms with van der Waals surface area (Å²) in [5.41, 5.74) is 7.73. The Morgan fingerprint density at radius 1 is 0.741 bits per heavy atom. The van der Waals surface area contributed by atoms with Crippen molar-refractivity contribution in [1.82, 2.24) is 0 Å². The van der Waals surface area contributed by atoms with E-state index in [1.165, 1.54) is 40.7 Å². The molecule has 3 rings (SSSR count). The molecule has 0 saturated heterocycles. The Kier molecular flexibility index (Phi) is 10.6. The number of allylic oxidation sites excluding steroid dienone is 1. The van der Waals surface area contributed by atoms with Crippen molar-refractivity contribution in [2.75, 3.05) is 0 Å². The lowest BCUT2D eigenvalue weighted by Gasteiger charge is -2.03. The second-order valence-corrected chi connectivity index (χ2v) is 6.40. The number of hydrogen-bond acceptors (Lipinski definition) is 0. The summed E-state index contributed by atoms with van der Waals surface area (Å²) in [5, 5.41) is 0. The van der Waals surface area contributed by atoms with Gasteiger partial charge in [-0.05, 0) is 48.1 Å². The SMILES string of the molecule is C=C(C)c1ccc(-c2ccccc2)cc1.CC.CCCc1ccccc1C. The van der Waals surface area contributed by atoms with E-state index in [9.17, 15) is 0 Å². The molecule has 3 aromatic rings. The third-order valence-electron chi connectivity index (χ3n) is 4.27. The Labute approximate surface area is 166 Å². The predicted octanol–water partition coefficient (Wildman–Crippen LogP) is 8.36. The van der Waals surface area contributed by atoms with Gasteiger partial charge in [0.25, 0.3) is 0 Å². The molecule has 0 bridgehead atoms. The number of benzene rings is 3. The molecule has 0 heterocycles. The van der Waals surface area contributed by atoms with Crippen molar-refractivity contribution in [3.05, 3.63) is 102 Å². The van der Waals surface area contributed by atoms with Crippen molar-refractivity contribution in [2.24, 2.45) is 0 Å². The lowest BCUT2D eigenvalue weighted by molar-refractivity contribution is 0.913. The van der Waals surface area contributed by atoms with Crippen LogP contribution in [0, 0.1) is 6.92 Å². The standard InChI is InChI=1S/C15H14.C10H14.C2H6/c1-12(2)13-8-10-15(11-9-13)14-6-4-3-5-7-14;1-3-6-10-8-5-4-7-9(10)2;1-2/h3-11H,1H2,2H3;4-5,7-8H,3,6H2,1-2H3;1-2H3. The highest BCUT2D eigenvalue weighted by atomic mass is 14.0. The van der Waals surface area contributed by atoms with Gasteiger partial charge in [0.1, 0.15) is 0 Å².